The number of carboxylic acids is 1. The second-order valence-corrected chi connectivity index (χ2v) is 12.5. The number of hydrogen-bond acceptors (Lipinski definition) is 14. The minimum atomic E-state index is -1.12. The van der Waals surface area contributed by atoms with Crippen LogP contribution < -0.4 is 25.6 Å². The molecular formula is C34H38N8O11. The molecule has 1 aromatic heterocycles. The Balaban J connectivity index is 0.857. The summed E-state index contributed by atoms with van der Waals surface area (Å²) < 4.78 is 18.3. The number of ketones is 1. The number of anilines is 1. The number of nitrogens with zero attached hydrogens (tertiary/aromatic N) is 5. The van der Waals surface area contributed by atoms with Gasteiger partial charge in [0.15, 0.2) is 18.4 Å². The lowest BCUT2D eigenvalue weighted by Crippen LogP contribution is -2.54. The lowest BCUT2D eigenvalue weighted by Gasteiger charge is -2.30. The van der Waals surface area contributed by atoms with E-state index in [1.165, 1.54) is 30.6 Å². The molecule has 6 rings (SSSR count). The third-order valence-electron chi connectivity index (χ3n) is 9.09. The van der Waals surface area contributed by atoms with Gasteiger partial charge in [0.1, 0.15) is 18.4 Å². The van der Waals surface area contributed by atoms with Crippen LogP contribution in [0.3, 0.4) is 0 Å². The van der Waals surface area contributed by atoms with Crippen LogP contribution in [0.5, 0.6) is 5.75 Å². The van der Waals surface area contributed by atoms with E-state index >= 15 is 0 Å². The van der Waals surface area contributed by atoms with Gasteiger partial charge in [-0.15, -0.1) is 0 Å². The molecule has 5 heterocycles. The van der Waals surface area contributed by atoms with Crippen molar-refractivity contribution in [1.29, 1.82) is 0 Å². The monoisotopic (exact) mass is 734 g/mol. The number of nitrogens with one attached hydrogen (secondary N) is 3. The van der Waals surface area contributed by atoms with E-state index in [0.29, 0.717) is 18.7 Å². The van der Waals surface area contributed by atoms with Gasteiger partial charge in [-0.1, -0.05) is 6.07 Å². The number of rotatable bonds is 16. The van der Waals surface area contributed by atoms with Gasteiger partial charge in [-0.05, 0) is 37.9 Å². The molecule has 4 aliphatic rings. The Morgan fingerprint density at radius 2 is 1.85 bits per heavy atom. The number of imide groups is 2. The Labute approximate surface area is 302 Å². The molecule has 0 radical (unpaired) electrons. The van der Waals surface area contributed by atoms with Crippen molar-refractivity contribution in [3.05, 3.63) is 54.1 Å². The quantitative estimate of drug-likeness (QED) is 0.122. The number of hydrogen-bond donors (Lipinski definition) is 4. The molecule has 1 aromatic carbocycles. The van der Waals surface area contributed by atoms with Gasteiger partial charge in [0.05, 0.1) is 54.9 Å². The van der Waals surface area contributed by atoms with Crippen LogP contribution in [0.4, 0.5) is 5.69 Å². The predicted octanol–water partition coefficient (Wildman–Crippen LogP) is -0.810. The first-order chi connectivity index (χ1) is 25.6. The van der Waals surface area contributed by atoms with E-state index in [9.17, 15) is 38.7 Å². The van der Waals surface area contributed by atoms with Gasteiger partial charge in [-0.2, -0.15) is 5.10 Å². The molecule has 280 valence electrons. The van der Waals surface area contributed by atoms with Gasteiger partial charge >= 0.3 is 5.97 Å². The van der Waals surface area contributed by atoms with E-state index in [1.807, 2.05) is 0 Å². The Morgan fingerprint density at radius 3 is 2.66 bits per heavy atom. The summed E-state index contributed by atoms with van der Waals surface area (Å²) in [5.74, 6) is -4.26. The Bertz CT molecular complexity index is 1840. The molecular weight excluding hydrogens is 696 g/mol. The third kappa shape index (κ3) is 8.48. The first kappa shape index (κ1) is 37.0. The number of carboxylic acid groups (broad SMARTS) is 1. The Hall–Kier alpha value is -5.79. The van der Waals surface area contributed by atoms with Crippen molar-refractivity contribution >= 4 is 53.2 Å². The molecule has 0 saturated carbocycles. The van der Waals surface area contributed by atoms with Crippen LogP contribution in [0, 0.1) is 0 Å². The first-order valence-electron chi connectivity index (χ1n) is 17.0. The minimum Gasteiger partial charge on any atom is -0.483 e. The first-order valence-corrected chi connectivity index (χ1v) is 17.0. The topological polar surface area (TPSA) is 240 Å². The zero-order valence-corrected chi connectivity index (χ0v) is 28.5. The number of aliphatic carboxylic acids is 1. The van der Waals surface area contributed by atoms with Crippen molar-refractivity contribution < 1.29 is 52.9 Å². The highest BCUT2D eigenvalue weighted by Gasteiger charge is 2.46. The maximum atomic E-state index is 13.2. The number of amides is 5. The second kappa shape index (κ2) is 16.7. The van der Waals surface area contributed by atoms with Crippen molar-refractivity contribution in [3.63, 3.8) is 0 Å². The van der Waals surface area contributed by atoms with Crippen molar-refractivity contribution in [3.8, 4) is 5.75 Å². The average Bonchev–Trinajstić information content (AvgIpc) is 3.75. The standard InChI is InChI=1S/C34H38N8O11/c43-26(23-14-20(6-7-36-23)41-17-21(15-38-41)40-10-8-35-16-25(40)34(49)50)18-52-13-12-51-11-9-37-29(45)19-53-27-3-1-2-22-30(27)33(48)42(32(22)47)24-4-5-28(44)39-31(24)46/h1-3,8,10,15-17,20,23-25,36H,4-7,9,11-14,18-19H2,(H,37,45)(H,49,50)(H,39,44,46). The van der Waals surface area contributed by atoms with E-state index in [4.69, 9.17) is 14.2 Å². The minimum absolute atomic E-state index is 0.00574. The van der Waals surface area contributed by atoms with Crippen LogP contribution in [0.1, 0.15) is 52.4 Å². The lowest BCUT2D eigenvalue weighted by molar-refractivity contribution is -0.137. The van der Waals surface area contributed by atoms with Gasteiger partial charge in [0, 0.05) is 37.8 Å². The van der Waals surface area contributed by atoms with E-state index in [2.05, 4.69) is 26.0 Å². The smallest absolute Gasteiger partial charge is 0.332 e. The van der Waals surface area contributed by atoms with Gasteiger partial charge in [0.25, 0.3) is 17.7 Å². The summed E-state index contributed by atoms with van der Waals surface area (Å²) in [5, 5.41) is 21.9. The fourth-order valence-corrected chi connectivity index (χ4v) is 6.43. The zero-order chi connectivity index (χ0) is 37.5. The van der Waals surface area contributed by atoms with E-state index in [0.717, 1.165) is 11.3 Å². The maximum absolute atomic E-state index is 13.2. The van der Waals surface area contributed by atoms with Crippen molar-refractivity contribution in [2.75, 3.05) is 51.0 Å². The summed E-state index contributed by atoms with van der Waals surface area (Å²) in [6.07, 6.45) is 9.03. The molecule has 2 aromatic rings. The van der Waals surface area contributed by atoms with Gasteiger partial charge in [-0.25, -0.2) is 4.79 Å². The number of aliphatic imine (C=N–C) groups is 1. The number of fused-ring (bicyclic) bond motifs is 1. The third-order valence-corrected chi connectivity index (χ3v) is 9.09. The van der Waals surface area contributed by atoms with Crippen molar-refractivity contribution in [1.82, 2.24) is 30.6 Å². The summed E-state index contributed by atoms with van der Waals surface area (Å²) in [6.45, 7) is 0.666. The number of Topliss-reactive ketones (excluding diaryl/α,β-unsaturated/α-hetero) is 1. The maximum Gasteiger partial charge on any atom is 0.332 e. The molecule has 19 nitrogen and oxygen atoms in total. The zero-order valence-electron chi connectivity index (χ0n) is 28.5. The van der Waals surface area contributed by atoms with E-state index < -0.39 is 60.2 Å². The highest BCUT2D eigenvalue weighted by molar-refractivity contribution is 6.24. The van der Waals surface area contributed by atoms with Crippen molar-refractivity contribution in [2.45, 2.75) is 49.9 Å². The Morgan fingerprint density at radius 1 is 1.02 bits per heavy atom. The van der Waals surface area contributed by atoms with Gasteiger partial charge < -0.3 is 34.9 Å². The Kier molecular flexibility index (Phi) is 11.7. The fraction of sp³-hybridized carbons (Fsp3) is 0.441. The number of ether oxygens (including phenoxy) is 3. The van der Waals surface area contributed by atoms with Crippen molar-refractivity contribution in [2.24, 2.45) is 4.99 Å². The molecule has 2 fully saturated rings. The van der Waals surface area contributed by atoms with Crippen LogP contribution in [0.25, 0.3) is 0 Å². The summed E-state index contributed by atoms with van der Waals surface area (Å²) in [7, 11) is 0. The number of piperidine rings is 2. The summed E-state index contributed by atoms with van der Waals surface area (Å²) in [4.78, 5) is 93.1. The second-order valence-electron chi connectivity index (χ2n) is 12.5. The predicted molar refractivity (Wildman–Crippen MR) is 182 cm³/mol. The van der Waals surface area contributed by atoms with Crippen LogP contribution in [-0.4, -0.2) is 132 Å². The number of carbonyl (C=O) groups is 7. The molecule has 4 unspecified atom stereocenters. The summed E-state index contributed by atoms with van der Waals surface area (Å²) >= 11 is 0. The molecule has 4 N–H and O–H groups in total. The number of benzene rings is 1. The van der Waals surface area contributed by atoms with Crippen LogP contribution in [0.15, 0.2) is 48.0 Å². The molecule has 0 bridgehead atoms. The number of carbonyl (C=O) groups excluding carboxylic acids is 6. The number of aromatic nitrogens is 2. The van der Waals surface area contributed by atoms with Crippen LogP contribution >= 0.6 is 0 Å². The molecule has 4 aliphatic heterocycles. The van der Waals surface area contributed by atoms with Gasteiger partial charge in [0.2, 0.25) is 11.8 Å². The SMILES string of the molecule is O=C(COc1cccc2c1C(=O)N(C1CCC(=O)NC1=O)C2=O)NCCOCCOCC(=O)C1CC(n2cc(N3C=CN=CC3C(=O)O)cn2)CCN1. The summed E-state index contributed by atoms with van der Waals surface area (Å²) in [6, 6.07) is 1.81. The molecule has 0 spiro atoms. The average molecular weight is 735 g/mol. The highest BCUT2D eigenvalue weighted by Crippen LogP contribution is 2.33. The fourth-order valence-electron chi connectivity index (χ4n) is 6.43. The van der Waals surface area contributed by atoms with E-state index in [1.54, 1.807) is 28.2 Å². The van der Waals surface area contributed by atoms with E-state index in [-0.39, 0.29) is 74.5 Å². The molecule has 2 saturated heterocycles. The molecule has 53 heavy (non-hydrogen) atoms. The van der Waals surface area contributed by atoms with Gasteiger partial charge in [-0.3, -0.25) is 48.7 Å². The van der Waals surface area contributed by atoms with Crippen LogP contribution in [-0.2, 0) is 33.4 Å². The molecule has 4 atom stereocenters. The van der Waals surface area contributed by atoms with Crippen LogP contribution in [0.2, 0.25) is 0 Å². The highest BCUT2D eigenvalue weighted by atomic mass is 16.5. The largest absolute Gasteiger partial charge is 0.483 e. The molecule has 19 heteroatoms. The molecule has 5 amide bonds. The lowest BCUT2D eigenvalue weighted by atomic mass is 9.97. The normalized spacial score (nSPS) is 22.5. The summed E-state index contributed by atoms with van der Waals surface area (Å²) in [5.41, 5.74) is 0.589. The molecule has 0 aliphatic carbocycles.